The van der Waals surface area contributed by atoms with Crippen LogP contribution >= 0.6 is 0 Å². The molecule has 2 rings (SSSR count). The standard InChI is InChI=1S/C12H17NO/c1-9(14)10-3-5-11(6-4-10)13(2)12-7-8-12/h3-6,9,12,14H,7-8H2,1-2H3/t9-/m1/s1. The summed E-state index contributed by atoms with van der Waals surface area (Å²) in [5, 5.41) is 9.36. The Kier molecular flexibility index (Phi) is 2.46. The van der Waals surface area contributed by atoms with Crippen molar-refractivity contribution in [3.05, 3.63) is 29.8 Å². The molecule has 0 radical (unpaired) electrons. The zero-order chi connectivity index (χ0) is 10.1. The monoisotopic (exact) mass is 191 g/mol. The van der Waals surface area contributed by atoms with Gasteiger partial charge in [-0.05, 0) is 37.5 Å². The first-order valence-electron chi connectivity index (χ1n) is 5.19. The van der Waals surface area contributed by atoms with E-state index in [1.165, 1.54) is 18.5 Å². The molecule has 0 bridgehead atoms. The maximum Gasteiger partial charge on any atom is 0.0761 e. The molecule has 0 aromatic heterocycles. The largest absolute Gasteiger partial charge is 0.389 e. The van der Waals surface area contributed by atoms with Gasteiger partial charge < -0.3 is 10.0 Å². The third-order valence-electron chi connectivity index (χ3n) is 2.88. The summed E-state index contributed by atoms with van der Waals surface area (Å²) in [6.07, 6.45) is 2.26. The Morgan fingerprint density at radius 3 is 2.29 bits per heavy atom. The second-order valence-corrected chi connectivity index (χ2v) is 4.11. The van der Waals surface area contributed by atoms with E-state index in [0.29, 0.717) is 0 Å². The molecule has 0 amide bonds. The lowest BCUT2D eigenvalue weighted by atomic mass is 10.1. The predicted octanol–water partition coefficient (Wildman–Crippen LogP) is 2.34. The lowest BCUT2D eigenvalue weighted by Gasteiger charge is -2.19. The van der Waals surface area contributed by atoms with Crippen molar-refractivity contribution >= 4 is 5.69 Å². The molecule has 1 aromatic carbocycles. The molecule has 1 saturated carbocycles. The number of nitrogens with zero attached hydrogens (tertiary/aromatic N) is 1. The lowest BCUT2D eigenvalue weighted by molar-refractivity contribution is 0.199. The van der Waals surface area contributed by atoms with Crippen LogP contribution in [0, 0.1) is 0 Å². The van der Waals surface area contributed by atoms with Gasteiger partial charge in [0.05, 0.1) is 6.10 Å². The van der Waals surface area contributed by atoms with Gasteiger partial charge in [0.25, 0.3) is 0 Å². The topological polar surface area (TPSA) is 23.5 Å². The number of hydrogen-bond donors (Lipinski definition) is 1. The molecule has 0 heterocycles. The van der Waals surface area contributed by atoms with Crippen molar-refractivity contribution in [3.8, 4) is 0 Å². The van der Waals surface area contributed by atoms with E-state index in [4.69, 9.17) is 0 Å². The summed E-state index contributed by atoms with van der Waals surface area (Å²) in [7, 11) is 2.13. The molecule has 0 saturated heterocycles. The highest BCUT2D eigenvalue weighted by Gasteiger charge is 2.26. The van der Waals surface area contributed by atoms with Gasteiger partial charge >= 0.3 is 0 Å². The van der Waals surface area contributed by atoms with Crippen LogP contribution in [-0.4, -0.2) is 18.2 Å². The first-order chi connectivity index (χ1) is 6.68. The molecule has 1 aromatic rings. The number of anilines is 1. The van der Waals surface area contributed by atoms with E-state index in [2.05, 4.69) is 24.1 Å². The van der Waals surface area contributed by atoms with Crippen molar-refractivity contribution in [2.75, 3.05) is 11.9 Å². The Labute approximate surface area is 85.2 Å². The summed E-state index contributed by atoms with van der Waals surface area (Å²) < 4.78 is 0. The van der Waals surface area contributed by atoms with Gasteiger partial charge in [-0.15, -0.1) is 0 Å². The molecule has 1 fully saturated rings. The normalized spacial score (nSPS) is 17.9. The number of hydrogen-bond acceptors (Lipinski definition) is 2. The summed E-state index contributed by atoms with van der Waals surface area (Å²) in [4.78, 5) is 2.31. The number of aliphatic hydroxyl groups is 1. The second-order valence-electron chi connectivity index (χ2n) is 4.11. The van der Waals surface area contributed by atoms with Gasteiger partial charge in [0.1, 0.15) is 0 Å². The zero-order valence-electron chi connectivity index (χ0n) is 8.77. The highest BCUT2D eigenvalue weighted by atomic mass is 16.3. The number of benzene rings is 1. The van der Waals surface area contributed by atoms with Crippen molar-refractivity contribution in [3.63, 3.8) is 0 Å². The number of rotatable bonds is 3. The highest BCUT2D eigenvalue weighted by molar-refractivity contribution is 5.49. The van der Waals surface area contributed by atoms with Crippen LogP contribution in [0.15, 0.2) is 24.3 Å². The zero-order valence-corrected chi connectivity index (χ0v) is 8.77. The van der Waals surface area contributed by atoms with Crippen molar-refractivity contribution < 1.29 is 5.11 Å². The second kappa shape index (κ2) is 3.62. The summed E-state index contributed by atoms with van der Waals surface area (Å²) >= 11 is 0. The van der Waals surface area contributed by atoms with Gasteiger partial charge in [-0.3, -0.25) is 0 Å². The van der Waals surface area contributed by atoms with E-state index in [1.807, 2.05) is 12.1 Å². The van der Waals surface area contributed by atoms with Crippen LogP contribution in [0.25, 0.3) is 0 Å². The van der Waals surface area contributed by atoms with Crippen LogP contribution in [0.2, 0.25) is 0 Å². The van der Waals surface area contributed by atoms with E-state index in [0.717, 1.165) is 11.6 Å². The van der Waals surface area contributed by atoms with Crippen LogP contribution < -0.4 is 4.90 Å². The average Bonchev–Trinajstić information content (AvgIpc) is 3.00. The summed E-state index contributed by atoms with van der Waals surface area (Å²) in [5.74, 6) is 0. The van der Waals surface area contributed by atoms with Gasteiger partial charge in [-0.25, -0.2) is 0 Å². The van der Waals surface area contributed by atoms with E-state index in [9.17, 15) is 5.11 Å². The van der Waals surface area contributed by atoms with Crippen LogP contribution in [0.4, 0.5) is 5.69 Å². The fourth-order valence-electron chi connectivity index (χ4n) is 1.66. The Balaban J connectivity index is 2.12. The molecular formula is C12H17NO. The van der Waals surface area contributed by atoms with E-state index < -0.39 is 0 Å². The van der Waals surface area contributed by atoms with Gasteiger partial charge in [0, 0.05) is 18.8 Å². The van der Waals surface area contributed by atoms with Crippen molar-refractivity contribution in [2.45, 2.75) is 31.9 Å². The molecule has 0 spiro atoms. The SMILES string of the molecule is C[C@@H](O)c1ccc(N(C)C2CC2)cc1. The van der Waals surface area contributed by atoms with Gasteiger partial charge in [0.2, 0.25) is 0 Å². The minimum atomic E-state index is -0.365. The summed E-state index contributed by atoms with van der Waals surface area (Å²) in [6.45, 7) is 1.79. The van der Waals surface area contributed by atoms with Gasteiger partial charge in [-0.2, -0.15) is 0 Å². The maximum absolute atomic E-state index is 9.36. The van der Waals surface area contributed by atoms with Gasteiger partial charge in [-0.1, -0.05) is 12.1 Å². The molecular weight excluding hydrogens is 174 g/mol. The van der Waals surface area contributed by atoms with Gasteiger partial charge in [0.15, 0.2) is 0 Å². The van der Waals surface area contributed by atoms with E-state index in [-0.39, 0.29) is 6.10 Å². The quantitative estimate of drug-likeness (QED) is 0.792. The third-order valence-corrected chi connectivity index (χ3v) is 2.88. The lowest BCUT2D eigenvalue weighted by Crippen LogP contribution is -2.19. The summed E-state index contributed by atoms with van der Waals surface area (Å²) in [5.41, 5.74) is 2.23. The van der Waals surface area contributed by atoms with Crippen molar-refractivity contribution in [1.82, 2.24) is 0 Å². The smallest absolute Gasteiger partial charge is 0.0761 e. The molecule has 0 aliphatic heterocycles. The molecule has 0 unspecified atom stereocenters. The molecule has 14 heavy (non-hydrogen) atoms. The van der Waals surface area contributed by atoms with Crippen LogP contribution in [0.3, 0.4) is 0 Å². The van der Waals surface area contributed by atoms with Crippen LogP contribution in [-0.2, 0) is 0 Å². The minimum absolute atomic E-state index is 0.365. The maximum atomic E-state index is 9.36. The molecule has 2 nitrogen and oxygen atoms in total. The third kappa shape index (κ3) is 1.90. The Morgan fingerprint density at radius 1 is 1.29 bits per heavy atom. The van der Waals surface area contributed by atoms with E-state index >= 15 is 0 Å². The first kappa shape index (κ1) is 9.53. The van der Waals surface area contributed by atoms with Crippen molar-refractivity contribution in [1.29, 1.82) is 0 Å². The molecule has 1 aliphatic carbocycles. The molecule has 76 valence electrons. The van der Waals surface area contributed by atoms with E-state index in [1.54, 1.807) is 6.92 Å². The Hall–Kier alpha value is -1.02. The minimum Gasteiger partial charge on any atom is -0.389 e. The highest BCUT2D eigenvalue weighted by Crippen LogP contribution is 2.30. The first-order valence-corrected chi connectivity index (χ1v) is 5.19. The Morgan fingerprint density at radius 2 is 1.86 bits per heavy atom. The van der Waals surface area contributed by atoms with Crippen LogP contribution in [0.1, 0.15) is 31.4 Å². The Bertz CT molecular complexity index is 301. The molecule has 1 aliphatic rings. The average molecular weight is 191 g/mol. The van der Waals surface area contributed by atoms with Crippen LogP contribution in [0.5, 0.6) is 0 Å². The molecule has 2 heteroatoms. The predicted molar refractivity (Wildman–Crippen MR) is 58.5 cm³/mol. The fourth-order valence-corrected chi connectivity index (χ4v) is 1.66. The molecule has 1 N–H and O–H groups in total. The summed E-state index contributed by atoms with van der Waals surface area (Å²) in [6, 6.07) is 8.91. The van der Waals surface area contributed by atoms with Crippen molar-refractivity contribution in [2.24, 2.45) is 0 Å². The molecule has 1 atom stereocenters. The fraction of sp³-hybridized carbons (Fsp3) is 0.500. The number of aliphatic hydroxyl groups excluding tert-OH is 1.